The average Bonchev–Trinajstić information content (AvgIpc) is 2.68. The standard InChI is InChI=1S/C23H23N3O3/c1-4-29-23(28)17-5-7-18(8-6-17)25-19-9-10-21(24-14-19)22(27)26-20-12-15(2)11-16(3)13-20/h5-14,25H,4H2,1-3H3,(H,26,27). The zero-order chi connectivity index (χ0) is 20.8. The summed E-state index contributed by atoms with van der Waals surface area (Å²) in [5.74, 6) is -0.611. The van der Waals surface area contributed by atoms with E-state index in [0.717, 1.165) is 28.2 Å². The molecular weight excluding hydrogens is 366 g/mol. The van der Waals surface area contributed by atoms with Crippen molar-refractivity contribution in [2.24, 2.45) is 0 Å². The third-order valence-electron chi connectivity index (χ3n) is 4.16. The lowest BCUT2D eigenvalue weighted by molar-refractivity contribution is 0.0526. The summed E-state index contributed by atoms with van der Waals surface area (Å²) < 4.78 is 4.97. The largest absolute Gasteiger partial charge is 0.462 e. The van der Waals surface area contributed by atoms with Crippen LogP contribution in [0.5, 0.6) is 0 Å². The lowest BCUT2D eigenvalue weighted by atomic mass is 10.1. The second-order valence-corrected chi connectivity index (χ2v) is 6.69. The van der Waals surface area contributed by atoms with Gasteiger partial charge in [0.25, 0.3) is 5.91 Å². The minimum atomic E-state index is -0.347. The smallest absolute Gasteiger partial charge is 0.338 e. The number of hydrogen-bond donors (Lipinski definition) is 2. The van der Waals surface area contributed by atoms with E-state index < -0.39 is 0 Å². The van der Waals surface area contributed by atoms with Gasteiger partial charge in [0.1, 0.15) is 5.69 Å². The third kappa shape index (κ3) is 5.42. The molecule has 0 aliphatic rings. The Kier molecular flexibility index (Phi) is 6.24. The Morgan fingerprint density at radius 2 is 1.55 bits per heavy atom. The Balaban J connectivity index is 1.63. The van der Waals surface area contributed by atoms with E-state index in [2.05, 4.69) is 15.6 Å². The zero-order valence-corrected chi connectivity index (χ0v) is 16.7. The maximum Gasteiger partial charge on any atom is 0.338 e. The molecule has 0 atom stereocenters. The summed E-state index contributed by atoms with van der Waals surface area (Å²) in [4.78, 5) is 28.4. The molecule has 3 rings (SSSR count). The first-order valence-electron chi connectivity index (χ1n) is 9.34. The number of nitrogens with one attached hydrogen (secondary N) is 2. The molecule has 0 radical (unpaired) electrons. The number of amides is 1. The van der Waals surface area contributed by atoms with Crippen LogP contribution in [0.15, 0.2) is 60.8 Å². The van der Waals surface area contributed by atoms with Gasteiger partial charge in [-0.25, -0.2) is 9.78 Å². The van der Waals surface area contributed by atoms with Gasteiger partial charge < -0.3 is 15.4 Å². The Bertz CT molecular complexity index is 992. The van der Waals surface area contributed by atoms with E-state index in [1.807, 2.05) is 32.0 Å². The van der Waals surface area contributed by atoms with Gasteiger partial charge in [0, 0.05) is 11.4 Å². The van der Waals surface area contributed by atoms with E-state index in [-0.39, 0.29) is 11.9 Å². The summed E-state index contributed by atoms with van der Waals surface area (Å²) in [5, 5.41) is 6.06. The molecule has 0 fully saturated rings. The Labute approximate surface area is 169 Å². The molecule has 0 saturated heterocycles. The number of rotatable bonds is 6. The van der Waals surface area contributed by atoms with Crippen LogP contribution in [0.1, 0.15) is 38.9 Å². The van der Waals surface area contributed by atoms with Crippen LogP contribution >= 0.6 is 0 Å². The van der Waals surface area contributed by atoms with Crippen molar-refractivity contribution in [3.05, 3.63) is 83.2 Å². The Morgan fingerprint density at radius 3 is 2.14 bits per heavy atom. The first-order valence-corrected chi connectivity index (χ1v) is 9.34. The lowest BCUT2D eigenvalue weighted by Crippen LogP contribution is -2.13. The summed E-state index contributed by atoms with van der Waals surface area (Å²) in [6, 6.07) is 16.3. The molecule has 0 spiro atoms. The van der Waals surface area contributed by atoms with Crippen LogP contribution in [0, 0.1) is 13.8 Å². The molecule has 2 aromatic carbocycles. The fourth-order valence-electron chi connectivity index (χ4n) is 2.91. The Hall–Kier alpha value is -3.67. The number of aryl methyl sites for hydroxylation is 2. The zero-order valence-electron chi connectivity index (χ0n) is 16.7. The summed E-state index contributed by atoms with van der Waals surface area (Å²) in [5.41, 5.74) is 5.27. The monoisotopic (exact) mass is 389 g/mol. The van der Waals surface area contributed by atoms with Gasteiger partial charge in [0.05, 0.1) is 24.1 Å². The maximum atomic E-state index is 12.4. The molecule has 1 heterocycles. The first-order chi connectivity index (χ1) is 13.9. The quantitative estimate of drug-likeness (QED) is 0.588. The molecule has 148 valence electrons. The van der Waals surface area contributed by atoms with E-state index >= 15 is 0 Å². The number of pyridine rings is 1. The van der Waals surface area contributed by atoms with E-state index in [1.54, 1.807) is 49.5 Å². The van der Waals surface area contributed by atoms with Gasteiger partial charge in [-0.1, -0.05) is 6.07 Å². The van der Waals surface area contributed by atoms with Crippen molar-refractivity contribution in [2.75, 3.05) is 17.2 Å². The van der Waals surface area contributed by atoms with Gasteiger partial charge in [-0.05, 0) is 80.4 Å². The highest BCUT2D eigenvalue weighted by Gasteiger charge is 2.09. The first kappa shape index (κ1) is 20.1. The normalized spacial score (nSPS) is 10.3. The van der Waals surface area contributed by atoms with Crippen molar-refractivity contribution in [2.45, 2.75) is 20.8 Å². The fraction of sp³-hybridized carbons (Fsp3) is 0.174. The second-order valence-electron chi connectivity index (χ2n) is 6.69. The molecule has 1 aromatic heterocycles. The van der Waals surface area contributed by atoms with Crippen LogP contribution in [0.3, 0.4) is 0 Å². The molecule has 0 saturated carbocycles. The van der Waals surface area contributed by atoms with Gasteiger partial charge in [-0.2, -0.15) is 0 Å². The molecule has 0 unspecified atom stereocenters. The van der Waals surface area contributed by atoms with Crippen LogP contribution in [-0.4, -0.2) is 23.5 Å². The number of carbonyl (C=O) groups excluding carboxylic acids is 2. The van der Waals surface area contributed by atoms with Crippen molar-refractivity contribution in [3.8, 4) is 0 Å². The van der Waals surface area contributed by atoms with Crippen LogP contribution in [-0.2, 0) is 4.74 Å². The lowest BCUT2D eigenvalue weighted by Gasteiger charge is -2.09. The number of benzene rings is 2. The van der Waals surface area contributed by atoms with Crippen molar-refractivity contribution in [3.63, 3.8) is 0 Å². The van der Waals surface area contributed by atoms with E-state index in [0.29, 0.717) is 17.9 Å². The Morgan fingerprint density at radius 1 is 0.897 bits per heavy atom. The summed E-state index contributed by atoms with van der Waals surface area (Å²) in [7, 11) is 0. The minimum absolute atomic E-state index is 0.264. The maximum absolute atomic E-state index is 12.4. The van der Waals surface area contributed by atoms with Crippen LogP contribution in [0.25, 0.3) is 0 Å². The number of ether oxygens (including phenoxy) is 1. The van der Waals surface area contributed by atoms with Gasteiger partial charge in [0.2, 0.25) is 0 Å². The van der Waals surface area contributed by atoms with Crippen molar-refractivity contribution in [1.29, 1.82) is 0 Å². The summed E-state index contributed by atoms with van der Waals surface area (Å²) >= 11 is 0. The molecule has 0 aliphatic carbocycles. The van der Waals surface area contributed by atoms with Gasteiger partial charge in [-0.3, -0.25) is 4.79 Å². The predicted octanol–water partition coefficient (Wildman–Crippen LogP) is 4.87. The number of nitrogens with zero attached hydrogens (tertiary/aromatic N) is 1. The van der Waals surface area contributed by atoms with Gasteiger partial charge in [-0.15, -0.1) is 0 Å². The number of anilines is 3. The second kappa shape index (κ2) is 9.01. The van der Waals surface area contributed by atoms with Crippen molar-refractivity contribution < 1.29 is 14.3 Å². The summed E-state index contributed by atoms with van der Waals surface area (Å²) in [6.07, 6.45) is 1.59. The number of carbonyl (C=O) groups is 2. The van der Waals surface area contributed by atoms with Crippen molar-refractivity contribution >= 4 is 28.9 Å². The molecule has 6 heteroatoms. The van der Waals surface area contributed by atoms with Crippen LogP contribution in [0.2, 0.25) is 0 Å². The van der Waals surface area contributed by atoms with E-state index in [9.17, 15) is 9.59 Å². The number of aromatic nitrogens is 1. The molecule has 29 heavy (non-hydrogen) atoms. The van der Waals surface area contributed by atoms with Crippen LogP contribution < -0.4 is 10.6 Å². The number of hydrogen-bond acceptors (Lipinski definition) is 5. The SMILES string of the molecule is CCOC(=O)c1ccc(Nc2ccc(C(=O)Nc3cc(C)cc(C)c3)nc2)cc1. The van der Waals surface area contributed by atoms with Gasteiger partial charge in [0.15, 0.2) is 0 Å². The van der Waals surface area contributed by atoms with Crippen LogP contribution in [0.4, 0.5) is 17.1 Å². The molecule has 3 aromatic rings. The highest BCUT2D eigenvalue weighted by Crippen LogP contribution is 2.18. The molecule has 2 N–H and O–H groups in total. The van der Waals surface area contributed by atoms with E-state index in [1.165, 1.54) is 0 Å². The minimum Gasteiger partial charge on any atom is -0.462 e. The molecular formula is C23H23N3O3. The van der Waals surface area contributed by atoms with Gasteiger partial charge >= 0.3 is 5.97 Å². The number of esters is 1. The highest BCUT2D eigenvalue weighted by molar-refractivity contribution is 6.03. The topological polar surface area (TPSA) is 80.3 Å². The molecule has 1 amide bonds. The molecule has 6 nitrogen and oxygen atoms in total. The molecule has 0 aliphatic heterocycles. The highest BCUT2D eigenvalue weighted by atomic mass is 16.5. The predicted molar refractivity (Wildman–Crippen MR) is 114 cm³/mol. The summed E-state index contributed by atoms with van der Waals surface area (Å²) in [6.45, 7) is 6.09. The fourth-order valence-corrected chi connectivity index (χ4v) is 2.91. The van der Waals surface area contributed by atoms with E-state index in [4.69, 9.17) is 4.74 Å². The average molecular weight is 389 g/mol. The molecule has 0 bridgehead atoms. The van der Waals surface area contributed by atoms with Crippen molar-refractivity contribution in [1.82, 2.24) is 4.98 Å². The third-order valence-corrected chi connectivity index (χ3v) is 4.16.